The van der Waals surface area contributed by atoms with Crippen LogP contribution in [0.25, 0.3) is 0 Å². The number of nitrogens with zero attached hydrogens (tertiary/aromatic N) is 5. The highest BCUT2D eigenvalue weighted by atomic mass is 19.4. The summed E-state index contributed by atoms with van der Waals surface area (Å²) >= 11 is 0. The second-order valence-electron chi connectivity index (χ2n) is 8.34. The van der Waals surface area contributed by atoms with Crippen LogP contribution in [0, 0.1) is 6.92 Å². The average molecular weight is 508 g/mol. The molecule has 1 atom stereocenters. The van der Waals surface area contributed by atoms with Crippen LogP contribution in [0.1, 0.15) is 59.9 Å². The minimum atomic E-state index is -5.29. The first-order valence-corrected chi connectivity index (χ1v) is 11.3. The van der Waals surface area contributed by atoms with Gasteiger partial charge in [-0.1, -0.05) is 16.4 Å². The molecule has 192 valence electrons. The van der Waals surface area contributed by atoms with Crippen LogP contribution in [0.4, 0.5) is 19.0 Å². The Morgan fingerprint density at radius 1 is 1.14 bits per heavy atom. The zero-order valence-corrected chi connectivity index (χ0v) is 19.3. The number of pyridine rings is 1. The normalized spacial score (nSPS) is 14.1. The number of ether oxygens (including phenoxy) is 1. The molecule has 0 aromatic carbocycles. The van der Waals surface area contributed by atoms with Crippen LogP contribution in [0.15, 0.2) is 21.2 Å². The highest BCUT2D eigenvalue weighted by Gasteiger charge is 2.43. The van der Waals surface area contributed by atoms with E-state index < -0.39 is 30.5 Å². The minimum Gasteiger partial charge on any atom is -0.386 e. The molecule has 1 N–H and O–H groups in total. The van der Waals surface area contributed by atoms with E-state index in [9.17, 15) is 22.8 Å². The Balaban J connectivity index is 1.34. The molecule has 0 aliphatic carbocycles. The number of carbonyl (C=O) groups is 2. The quantitative estimate of drug-likeness (QED) is 0.336. The molecule has 0 saturated carbocycles. The maximum atomic E-state index is 12.4. The number of alkyl halides is 3. The first-order valence-electron chi connectivity index (χ1n) is 11.3. The fourth-order valence-corrected chi connectivity index (χ4v) is 3.75. The van der Waals surface area contributed by atoms with Crippen molar-refractivity contribution in [1.82, 2.24) is 25.3 Å². The van der Waals surface area contributed by atoms with E-state index in [1.165, 1.54) is 12.5 Å². The number of rotatable bonds is 9. The molecule has 0 spiro atoms. The van der Waals surface area contributed by atoms with Gasteiger partial charge in [-0.25, -0.2) is 9.78 Å². The molecule has 0 radical (unpaired) electrons. The maximum Gasteiger partial charge on any atom is 0.491 e. The third kappa shape index (κ3) is 6.64. The van der Waals surface area contributed by atoms with E-state index in [4.69, 9.17) is 9.05 Å². The molecule has 4 rings (SSSR count). The molecule has 0 amide bonds. The minimum absolute atomic E-state index is 0.0317. The van der Waals surface area contributed by atoms with Crippen molar-refractivity contribution >= 4 is 17.8 Å². The van der Waals surface area contributed by atoms with Gasteiger partial charge in [-0.2, -0.15) is 23.1 Å². The maximum absolute atomic E-state index is 12.4. The molecule has 11 nitrogen and oxygen atoms in total. The largest absolute Gasteiger partial charge is 0.491 e. The summed E-state index contributed by atoms with van der Waals surface area (Å²) in [6, 6.07) is 4.09. The molecule has 0 fully saturated rings. The second kappa shape index (κ2) is 10.8. The summed E-state index contributed by atoms with van der Waals surface area (Å²) in [6.45, 7) is 2.45. The van der Waals surface area contributed by atoms with Crippen LogP contribution in [0.5, 0.6) is 0 Å². The highest BCUT2D eigenvalue weighted by Crippen LogP contribution is 2.25. The van der Waals surface area contributed by atoms with Crippen molar-refractivity contribution in [2.24, 2.45) is 0 Å². The molecule has 4 heterocycles. The summed E-state index contributed by atoms with van der Waals surface area (Å²) in [6.07, 6.45) is -1.98. The first kappa shape index (κ1) is 25.3. The average Bonchev–Trinajstić information content (AvgIpc) is 3.46. The second-order valence-corrected chi connectivity index (χ2v) is 8.34. The molecule has 3 aromatic rings. The fraction of sp³-hybridized carbons (Fsp3) is 0.500. The molecule has 1 unspecified atom stereocenters. The number of halogens is 3. The van der Waals surface area contributed by atoms with E-state index in [2.05, 4.69) is 41.4 Å². The van der Waals surface area contributed by atoms with Crippen molar-refractivity contribution in [3.05, 3.63) is 46.8 Å². The number of hydrogen-bond acceptors (Lipinski definition) is 11. The summed E-state index contributed by atoms with van der Waals surface area (Å²) in [4.78, 5) is 35.9. The smallest absolute Gasteiger partial charge is 0.386 e. The van der Waals surface area contributed by atoms with Crippen molar-refractivity contribution in [3.8, 4) is 0 Å². The predicted octanol–water partition coefficient (Wildman–Crippen LogP) is 3.04. The van der Waals surface area contributed by atoms with E-state index in [0.29, 0.717) is 25.1 Å². The van der Waals surface area contributed by atoms with Crippen molar-refractivity contribution < 1.29 is 36.5 Å². The highest BCUT2D eigenvalue weighted by molar-refractivity contribution is 5.88. The lowest BCUT2D eigenvalue weighted by molar-refractivity contribution is -0.202. The summed E-state index contributed by atoms with van der Waals surface area (Å²) in [5.74, 6) is -3.23. The molecule has 0 bridgehead atoms. The Morgan fingerprint density at radius 3 is 2.72 bits per heavy atom. The zero-order chi connectivity index (χ0) is 25.7. The number of hydrogen-bond donors (Lipinski definition) is 1. The Bertz CT molecular complexity index is 1220. The van der Waals surface area contributed by atoms with E-state index in [1.54, 1.807) is 0 Å². The summed E-state index contributed by atoms with van der Waals surface area (Å²) < 4.78 is 51.4. The number of nitrogens with one attached hydrogen (secondary N) is 1. The van der Waals surface area contributed by atoms with Gasteiger partial charge in [-0.15, -0.1) is 0 Å². The van der Waals surface area contributed by atoms with Gasteiger partial charge < -0.3 is 19.1 Å². The lowest BCUT2D eigenvalue weighted by Gasteiger charge is -2.17. The van der Waals surface area contributed by atoms with Gasteiger partial charge >= 0.3 is 18.1 Å². The van der Waals surface area contributed by atoms with Gasteiger partial charge in [0.15, 0.2) is 11.6 Å². The SMILES string of the molecule is Cc1noc(C(CC(=O)OC(=O)C(F)(F)F)Cc2nc(CCCc3ccc4c(n3)NCCC4)no2)n1. The van der Waals surface area contributed by atoms with Gasteiger partial charge in [-0.05, 0) is 44.2 Å². The topological polar surface area (TPSA) is 146 Å². The molecule has 0 saturated heterocycles. The lowest BCUT2D eigenvalue weighted by Crippen LogP contribution is -2.28. The van der Waals surface area contributed by atoms with Crippen LogP contribution in [-0.4, -0.2) is 49.9 Å². The summed E-state index contributed by atoms with van der Waals surface area (Å²) in [5.41, 5.74) is 2.16. The molecule has 1 aliphatic rings. The number of anilines is 1. The van der Waals surface area contributed by atoms with Crippen molar-refractivity contribution in [3.63, 3.8) is 0 Å². The number of carbonyl (C=O) groups excluding carboxylic acids is 2. The molecular formula is C22H23F3N6O5. The molecule has 14 heteroatoms. The number of aryl methyl sites for hydroxylation is 4. The zero-order valence-electron chi connectivity index (χ0n) is 19.3. The monoisotopic (exact) mass is 508 g/mol. The lowest BCUT2D eigenvalue weighted by atomic mass is 10.0. The van der Waals surface area contributed by atoms with Gasteiger partial charge in [0.2, 0.25) is 11.8 Å². The number of esters is 2. The standard InChI is InChI=1S/C22H23F3N6O5/c1-12-27-20(36-30-12)14(11-18(32)34-21(33)22(23,24)25)10-17-29-16(31-35-17)6-2-5-15-8-7-13-4-3-9-26-19(13)28-15/h7-8,14H,2-6,9-11H2,1H3,(H,26,28). The van der Waals surface area contributed by atoms with E-state index in [-0.39, 0.29) is 24.0 Å². The Hall–Kier alpha value is -3.84. The molecular weight excluding hydrogens is 485 g/mol. The van der Waals surface area contributed by atoms with Crippen LogP contribution in [-0.2, 0) is 40.0 Å². The van der Waals surface area contributed by atoms with Gasteiger partial charge in [0, 0.05) is 25.1 Å². The van der Waals surface area contributed by atoms with Crippen LogP contribution < -0.4 is 5.32 Å². The Morgan fingerprint density at radius 2 is 1.97 bits per heavy atom. The fourth-order valence-electron chi connectivity index (χ4n) is 3.75. The van der Waals surface area contributed by atoms with Crippen LogP contribution >= 0.6 is 0 Å². The van der Waals surface area contributed by atoms with Crippen LogP contribution in [0.3, 0.4) is 0 Å². The first-order chi connectivity index (χ1) is 17.2. The van der Waals surface area contributed by atoms with Crippen molar-refractivity contribution in [2.45, 2.75) is 64.0 Å². The number of fused-ring (bicyclic) bond motifs is 1. The van der Waals surface area contributed by atoms with Gasteiger partial charge in [0.25, 0.3) is 0 Å². The van der Waals surface area contributed by atoms with Crippen LogP contribution in [0.2, 0.25) is 0 Å². The molecule has 1 aliphatic heterocycles. The van der Waals surface area contributed by atoms with Crippen molar-refractivity contribution in [2.75, 3.05) is 11.9 Å². The molecule has 36 heavy (non-hydrogen) atoms. The third-order valence-corrected chi connectivity index (χ3v) is 5.46. The van der Waals surface area contributed by atoms with E-state index >= 15 is 0 Å². The summed E-state index contributed by atoms with van der Waals surface area (Å²) in [5, 5.41) is 10.9. The number of aromatic nitrogens is 5. The van der Waals surface area contributed by atoms with Crippen molar-refractivity contribution in [1.29, 1.82) is 0 Å². The van der Waals surface area contributed by atoms with E-state index in [0.717, 1.165) is 30.9 Å². The van der Waals surface area contributed by atoms with Gasteiger partial charge in [0.1, 0.15) is 5.82 Å². The van der Waals surface area contributed by atoms with Gasteiger partial charge in [-0.3, -0.25) is 4.79 Å². The molecule has 3 aromatic heterocycles. The summed E-state index contributed by atoms with van der Waals surface area (Å²) in [7, 11) is 0. The predicted molar refractivity (Wildman–Crippen MR) is 115 cm³/mol. The Labute approximate surface area is 202 Å². The third-order valence-electron chi connectivity index (χ3n) is 5.46. The van der Waals surface area contributed by atoms with Gasteiger partial charge in [0.05, 0.1) is 12.3 Å². The van der Waals surface area contributed by atoms with E-state index in [1.807, 2.05) is 6.07 Å². The Kier molecular flexibility index (Phi) is 7.60.